The first-order valence-electron chi connectivity index (χ1n) is 6.12. The average Bonchev–Trinajstić information content (AvgIpc) is 2.56. The smallest absolute Gasteiger partial charge is 0.0621 e. The van der Waals surface area contributed by atoms with E-state index in [4.69, 9.17) is 10.5 Å². The van der Waals surface area contributed by atoms with Crippen LogP contribution in [-0.2, 0) is 4.74 Å². The number of nitrogens with two attached hydrogens (primary N) is 1. The first kappa shape index (κ1) is 11.4. The van der Waals surface area contributed by atoms with Gasteiger partial charge in [0.05, 0.1) is 13.2 Å². The zero-order chi connectivity index (χ0) is 10.9. The summed E-state index contributed by atoms with van der Waals surface area (Å²) in [6.07, 6.45) is 2.63. The van der Waals surface area contributed by atoms with Crippen LogP contribution in [0, 0.1) is 11.3 Å². The summed E-state index contributed by atoms with van der Waals surface area (Å²) in [4.78, 5) is 2.56. The molecule has 2 fully saturated rings. The first-order chi connectivity index (χ1) is 7.07. The Balaban J connectivity index is 1.77. The second kappa shape index (κ2) is 4.40. The molecule has 2 aliphatic heterocycles. The van der Waals surface area contributed by atoms with Gasteiger partial charge in [0.25, 0.3) is 0 Å². The molecule has 2 N–H and O–H groups in total. The van der Waals surface area contributed by atoms with E-state index in [1.807, 2.05) is 0 Å². The van der Waals surface area contributed by atoms with E-state index in [-0.39, 0.29) is 6.04 Å². The van der Waals surface area contributed by atoms with Crippen molar-refractivity contribution >= 4 is 0 Å². The van der Waals surface area contributed by atoms with Crippen LogP contribution in [-0.4, -0.2) is 43.8 Å². The van der Waals surface area contributed by atoms with E-state index in [2.05, 4.69) is 18.7 Å². The Labute approximate surface area is 93.0 Å². The van der Waals surface area contributed by atoms with Crippen molar-refractivity contribution in [3.8, 4) is 0 Å². The Bertz CT molecular complexity index is 208. The lowest BCUT2D eigenvalue weighted by molar-refractivity contribution is 0.109. The van der Waals surface area contributed by atoms with Crippen LogP contribution >= 0.6 is 0 Å². The molecule has 2 atom stereocenters. The van der Waals surface area contributed by atoms with Gasteiger partial charge in [-0.1, -0.05) is 13.8 Å². The summed E-state index contributed by atoms with van der Waals surface area (Å²) >= 11 is 0. The minimum absolute atomic E-state index is 0.264. The highest BCUT2D eigenvalue weighted by atomic mass is 16.5. The fraction of sp³-hybridized carbons (Fsp3) is 1.00. The topological polar surface area (TPSA) is 38.5 Å². The maximum absolute atomic E-state index is 6.00. The SMILES string of the molecule is CC1(C)CCN(CC2COCC2N)CC1. The lowest BCUT2D eigenvalue weighted by Gasteiger charge is -2.38. The number of hydrogen-bond acceptors (Lipinski definition) is 3. The monoisotopic (exact) mass is 212 g/mol. The molecule has 0 bridgehead atoms. The summed E-state index contributed by atoms with van der Waals surface area (Å²) in [5.74, 6) is 0.561. The molecule has 2 saturated heterocycles. The highest BCUT2D eigenvalue weighted by Crippen LogP contribution is 2.30. The maximum Gasteiger partial charge on any atom is 0.0621 e. The van der Waals surface area contributed by atoms with Crippen molar-refractivity contribution in [1.82, 2.24) is 4.90 Å². The van der Waals surface area contributed by atoms with Crippen molar-refractivity contribution in [3.63, 3.8) is 0 Å². The summed E-state index contributed by atoms with van der Waals surface area (Å²) in [5.41, 5.74) is 6.54. The summed E-state index contributed by atoms with van der Waals surface area (Å²) in [7, 11) is 0. The van der Waals surface area contributed by atoms with E-state index in [9.17, 15) is 0 Å². The molecule has 3 heteroatoms. The van der Waals surface area contributed by atoms with Crippen molar-refractivity contribution in [2.24, 2.45) is 17.1 Å². The van der Waals surface area contributed by atoms with Crippen molar-refractivity contribution < 1.29 is 4.74 Å². The minimum Gasteiger partial charge on any atom is -0.379 e. The molecule has 0 aliphatic carbocycles. The predicted octanol–water partition coefficient (Wildman–Crippen LogP) is 1.08. The van der Waals surface area contributed by atoms with Crippen LogP contribution in [0.4, 0.5) is 0 Å². The van der Waals surface area contributed by atoms with E-state index in [0.29, 0.717) is 11.3 Å². The lowest BCUT2D eigenvalue weighted by Crippen LogP contribution is -2.43. The maximum atomic E-state index is 6.00. The van der Waals surface area contributed by atoms with Crippen molar-refractivity contribution in [2.75, 3.05) is 32.8 Å². The van der Waals surface area contributed by atoms with Crippen LogP contribution in [0.2, 0.25) is 0 Å². The van der Waals surface area contributed by atoms with E-state index >= 15 is 0 Å². The molecule has 0 aromatic heterocycles. The molecule has 2 heterocycles. The molecular formula is C12H24N2O. The predicted molar refractivity (Wildman–Crippen MR) is 61.7 cm³/mol. The van der Waals surface area contributed by atoms with Crippen LogP contribution < -0.4 is 5.73 Å². The fourth-order valence-corrected chi connectivity index (χ4v) is 2.48. The first-order valence-corrected chi connectivity index (χ1v) is 6.12. The molecule has 0 radical (unpaired) electrons. The van der Waals surface area contributed by atoms with Crippen LogP contribution in [0.15, 0.2) is 0 Å². The number of likely N-dealkylation sites (tertiary alicyclic amines) is 1. The minimum atomic E-state index is 0.264. The van der Waals surface area contributed by atoms with Gasteiger partial charge >= 0.3 is 0 Å². The standard InChI is InChI=1S/C12H24N2O/c1-12(2)3-5-14(6-4-12)7-10-8-15-9-11(10)13/h10-11H,3-9,13H2,1-2H3. The van der Waals surface area contributed by atoms with Gasteiger partial charge in [-0.05, 0) is 31.3 Å². The van der Waals surface area contributed by atoms with Gasteiger partial charge in [0, 0.05) is 18.5 Å². The van der Waals surface area contributed by atoms with Gasteiger partial charge in [-0.15, -0.1) is 0 Å². The van der Waals surface area contributed by atoms with Crippen molar-refractivity contribution in [2.45, 2.75) is 32.7 Å². The van der Waals surface area contributed by atoms with Gasteiger partial charge in [0.1, 0.15) is 0 Å². The largest absolute Gasteiger partial charge is 0.379 e. The molecule has 88 valence electrons. The molecular weight excluding hydrogens is 188 g/mol. The highest BCUT2D eigenvalue weighted by molar-refractivity contribution is 4.84. The Kier molecular flexibility index (Phi) is 3.33. The third-order valence-electron chi connectivity index (χ3n) is 3.95. The zero-order valence-electron chi connectivity index (χ0n) is 10.0. The van der Waals surface area contributed by atoms with E-state index < -0.39 is 0 Å². The number of ether oxygens (including phenoxy) is 1. The molecule has 0 amide bonds. The van der Waals surface area contributed by atoms with Crippen LogP contribution in [0.25, 0.3) is 0 Å². The zero-order valence-corrected chi connectivity index (χ0v) is 10.0. The van der Waals surface area contributed by atoms with Crippen molar-refractivity contribution in [1.29, 1.82) is 0 Å². The second-order valence-electron chi connectivity index (χ2n) is 5.93. The molecule has 0 saturated carbocycles. The summed E-state index contributed by atoms with van der Waals surface area (Å²) in [6, 6.07) is 0.264. The second-order valence-corrected chi connectivity index (χ2v) is 5.93. The van der Waals surface area contributed by atoms with Crippen molar-refractivity contribution in [3.05, 3.63) is 0 Å². The third-order valence-corrected chi connectivity index (χ3v) is 3.95. The third kappa shape index (κ3) is 2.92. The lowest BCUT2D eigenvalue weighted by atomic mass is 9.82. The highest BCUT2D eigenvalue weighted by Gasteiger charge is 2.30. The van der Waals surface area contributed by atoms with Crippen LogP contribution in [0.5, 0.6) is 0 Å². The number of nitrogens with zero attached hydrogens (tertiary/aromatic N) is 1. The Morgan fingerprint density at radius 1 is 1.27 bits per heavy atom. The van der Waals surface area contributed by atoms with Gasteiger partial charge in [0.2, 0.25) is 0 Å². The molecule has 0 aromatic rings. The normalized spacial score (nSPS) is 37.0. The van der Waals surface area contributed by atoms with Gasteiger partial charge in [-0.3, -0.25) is 0 Å². The van der Waals surface area contributed by atoms with E-state index in [0.717, 1.165) is 19.8 Å². The Morgan fingerprint density at radius 3 is 2.47 bits per heavy atom. The van der Waals surface area contributed by atoms with E-state index in [1.165, 1.54) is 25.9 Å². The molecule has 0 aromatic carbocycles. The Morgan fingerprint density at radius 2 is 1.93 bits per heavy atom. The molecule has 3 nitrogen and oxygen atoms in total. The molecule has 2 aliphatic rings. The Hall–Kier alpha value is -0.120. The number of hydrogen-bond donors (Lipinski definition) is 1. The summed E-state index contributed by atoms with van der Waals surface area (Å²) in [6.45, 7) is 9.96. The molecule has 15 heavy (non-hydrogen) atoms. The van der Waals surface area contributed by atoms with E-state index in [1.54, 1.807) is 0 Å². The number of rotatable bonds is 2. The average molecular weight is 212 g/mol. The van der Waals surface area contributed by atoms with Gasteiger partial charge in [0.15, 0.2) is 0 Å². The number of piperidine rings is 1. The molecule has 2 rings (SSSR count). The van der Waals surface area contributed by atoms with Gasteiger partial charge in [-0.25, -0.2) is 0 Å². The molecule has 2 unspecified atom stereocenters. The fourth-order valence-electron chi connectivity index (χ4n) is 2.48. The molecule has 0 spiro atoms. The van der Waals surface area contributed by atoms with Gasteiger partial charge < -0.3 is 15.4 Å². The van der Waals surface area contributed by atoms with Gasteiger partial charge in [-0.2, -0.15) is 0 Å². The summed E-state index contributed by atoms with van der Waals surface area (Å²) in [5, 5.41) is 0. The summed E-state index contributed by atoms with van der Waals surface area (Å²) < 4.78 is 5.40. The van der Waals surface area contributed by atoms with Crippen LogP contribution in [0.3, 0.4) is 0 Å². The van der Waals surface area contributed by atoms with Crippen LogP contribution in [0.1, 0.15) is 26.7 Å². The quantitative estimate of drug-likeness (QED) is 0.744.